The molecule has 7 nitrogen and oxygen atoms in total. The molecule has 3 aromatic heterocycles. The molecule has 3 aromatic rings. The smallest absolute Gasteiger partial charge is 0.240 e. The molecule has 7 heteroatoms. The predicted octanol–water partition coefficient (Wildman–Crippen LogP) is 1.48. The summed E-state index contributed by atoms with van der Waals surface area (Å²) >= 11 is 0. The van der Waals surface area contributed by atoms with Gasteiger partial charge in [0.25, 0.3) is 0 Å². The van der Waals surface area contributed by atoms with Crippen LogP contribution in [0, 0.1) is 0 Å². The van der Waals surface area contributed by atoms with Gasteiger partial charge in [0.1, 0.15) is 6.33 Å². The minimum atomic E-state index is 0.535. The second-order valence-electron chi connectivity index (χ2n) is 3.87. The Morgan fingerprint density at radius 3 is 2.95 bits per heavy atom. The van der Waals surface area contributed by atoms with Gasteiger partial charge in [-0.1, -0.05) is 0 Å². The summed E-state index contributed by atoms with van der Waals surface area (Å²) in [7, 11) is 0. The summed E-state index contributed by atoms with van der Waals surface area (Å²) in [6, 6.07) is 3.83. The van der Waals surface area contributed by atoms with E-state index >= 15 is 0 Å². The van der Waals surface area contributed by atoms with Gasteiger partial charge in [0.2, 0.25) is 11.9 Å². The van der Waals surface area contributed by atoms with Crippen molar-refractivity contribution < 1.29 is 0 Å². The van der Waals surface area contributed by atoms with Crippen LogP contribution in [-0.2, 0) is 0 Å². The minimum absolute atomic E-state index is 0.535. The van der Waals surface area contributed by atoms with E-state index in [0.717, 1.165) is 12.2 Å². The lowest BCUT2D eigenvalue weighted by Crippen LogP contribution is -2.09. The fraction of sp³-hybridized carbons (Fsp3) is 0.167. The number of hydrogen-bond acceptors (Lipinski definition) is 5. The zero-order valence-electron chi connectivity index (χ0n) is 10.4. The quantitative estimate of drug-likeness (QED) is 0.737. The molecule has 0 fully saturated rings. The van der Waals surface area contributed by atoms with Crippen LogP contribution in [0.2, 0.25) is 0 Å². The van der Waals surface area contributed by atoms with Gasteiger partial charge in [-0.2, -0.15) is 15.0 Å². The molecule has 0 atom stereocenters. The van der Waals surface area contributed by atoms with Crippen molar-refractivity contribution in [3.8, 4) is 17.5 Å². The van der Waals surface area contributed by atoms with Crippen molar-refractivity contribution in [2.75, 3.05) is 11.9 Å². The van der Waals surface area contributed by atoms with Crippen LogP contribution < -0.4 is 5.32 Å². The monoisotopic (exact) mass is 255 g/mol. The molecule has 0 unspecified atom stereocenters. The summed E-state index contributed by atoms with van der Waals surface area (Å²) in [6.45, 7) is 2.74. The van der Waals surface area contributed by atoms with E-state index in [2.05, 4.69) is 30.2 Å². The highest BCUT2D eigenvalue weighted by Gasteiger charge is 2.09. The Hall–Kier alpha value is -2.70. The molecule has 0 saturated heterocycles. The molecule has 2 N–H and O–H groups in total. The Morgan fingerprint density at radius 2 is 2.26 bits per heavy atom. The van der Waals surface area contributed by atoms with Crippen LogP contribution in [0.5, 0.6) is 0 Å². The first-order valence-electron chi connectivity index (χ1n) is 5.99. The van der Waals surface area contributed by atoms with E-state index in [4.69, 9.17) is 0 Å². The second kappa shape index (κ2) is 4.89. The van der Waals surface area contributed by atoms with Crippen molar-refractivity contribution in [1.82, 2.24) is 29.5 Å². The molecule has 0 bridgehead atoms. The molecular weight excluding hydrogens is 242 g/mol. The second-order valence-corrected chi connectivity index (χ2v) is 3.87. The van der Waals surface area contributed by atoms with Crippen LogP contribution in [0.4, 0.5) is 5.95 Å². The van der Waals surface area contributed by atoms with Crippen molar-refractivity contribution >= 4 is 5.95 Å². The van der Waals surface area contributed by atoms with E-state index < -0.39 is 0 Å². The number of rotatable bonds is 4. The minimum Gasteiger partial charge on any atom is -0.359 e. The lowest BCUT2D eigenvalue weighted by molar-refractivity contribution is 0.894. The zero-order valence-corrected chi connectivity index (χ0v) is 10.4. The number of aromatic amines is 1. The Morgan fingerprint density at radius 1 is 1.32 bits per heavy atom. The van der Waals surface area contributed by atoms with E-state index in [1.54, 1.807) is 23.3 Å². The average molecular weight is 255 g/mol. The lowest BCUT2D eigenvalue weighted by Gasteiger charge is -2.07. The van der Waals surface area contributed by atoms with Gasteiger partial charge in [0, 0.05) is 25.1 Å². The third-order valence-corrected chi connectivity index (χ3v) is 2.53. The Kier molecular flexibility index (Phi) is 2.93. The normalized spacial score (nSPS) is 10.6. The average Bonchev–Trinajstić information content (AvgIpc) is 3.12. The van der Waals surface area contributed by atoms with Gasteiger partial charge in [-0.05, 0) is 19.1 Å². The number of nitrogens with zero attached hydrogens (tertiary/aromatic N) is 5. The largest absolute Gasteiger partial charge is 0.359 e. The number of aromatic nitrogens is 6. The van der Waals surface area contributed by atoms with Crippen molar-refractivity contribution in [1.29, 1.82) is 0 Å². The Bertz CT molecular complexity index is 590. The molecule has 96 valence electrons. The summed E-state index contributed by atoms with van der Waals surface area (Å²) in [5.74, 6) is 1.68. The van der Waals surface area contributed by atoms with Crippen LogP contribution in [0.15, 0.2) is 37.1 Å². The molecule has 0 aromatic carbocycles. The van der Waals surface area contributed by atoms with Crippen molar-refractivity contribution in [2.45, 2.75) is 6.92 Å². The lowest BCUT2D eigenvalue weighted by atomic mass is 10.4. The van der Waals surface area contributed by atoms with Crippen LogP contribution in [0.3, 0.4) is 0 Å². The fourth-order valence-corrected chi connectivity index (χ4v) is 1.68. The van der Waals surface area contributed by atoms with Gasteiger partial charge < -0.3 is 10.3 Å². The number of imidazole rings is 1. The molecule has 0 aliphatic rings. The number of H-pyrrole nitrogens is 1. The summed E-state index contributed by atoms with van der Waals surface area (Å²) in [6.07, 6.45) is 6.97. The zero-order chi connectivity index (χ0) is 13.1. The molecule has 3 heterocycles. The summed E-state index contributed by atoms with van der Waals surface area (Å²) < 4.78 is 1.74. The first-order chi connectivity index (χ1) is 9.36. The van der Waals surface area contributed by atoms with Gasteiger partial charge in [-0.15, -0.1) is 0 Å². The van der Waals surface area contributed by atoms with Crippen LogP contribution in [0.1, 0.15) is 6.92 Å². The maximum Gasteiger partial charge on any atom is 0.240 e. The van der Waals surface area contributed by atoms with Gasteiger partial charge in [0.15, 0.2) is 5.82 Å². The van der Waals surface area contributed by atoms with Crippen LogP contribution in [0.25, 0.3) is 17.5 Å². The molecule has 0 aliphatic carbocycles. The highest BCUT2D eigenvalue weighted by Crippen LogP contribution is 2.15. The maximum absolute atomic E-state index is 4.43. The molecule has 0 amide bonds. The predicted molar refractivity (Wildman–Crippen MR) is 70.9 cm³/mol. The van der Waals surface area contributed by atoms with Crippen molar-refractivity contribution in [3.63, 3.8) is 0 Å². The number of anilines is 1. The van der Waals surface area contributed by atoms with E-state index in [9.17, 15) is 0 Å². The molecule has 0 spiro atoms. The highest BCUT2D eigenvalue weighted by molar-refractivity contribution is 5.52. The number of hydrogen-bond donors (Lipinski definition) is 2. The molecule has 0 saturated carbocycles. The maximum atomic E-state index is 4.43. The fourth-order valence-electron chi connectivity index (χ4n) is 1.68. The molecule has 19 heavy (non-hydrogen) atoms. The van der Waals surface area contributed by atoms with Crippen LogP contribution >= 0.6 is 0 Å². The Balaban J connectivity index is 2.09. The summed E-state index contributed by atoms with van der Waals surface area (Å²) in [4.78, 5) is 20.2. The van der Waals surface area contributed by atoms with Gasteiger partial charge in [0.05, 0.1) is 5.69 Å². The van der Waals surface area contributed by atoms with Gasteiger partial charge in [-0.25, -0.2) is 4.98 Å². The van der Waals surface area contributed by atoms with Gasteiger partial charge in [-0.3, -0.25) is 4.57 Å². The van der Waals surface area contributed by atoms with E-state index in [-0.39, 0.29) is 0 Å². The topological polar surface area (TPSA) is 84.3 Å². The summed E-state index contributed by atoms with van der Waals surface area (Å²) in [5.41, 5.74) is 0.850. The van der Waals surface area contributed by atoms with Gasteiger partial charge >= 0.3 is 0 Å². The van der Waals surface area contributed by atoms with Crippen molar-refractivity contribution in [3.05, 3.63) is 37.1 Å². The van der Waals surface area contributed by atoms with Crippen LogP contribution in [-0.4, -0.2) is 36.0 Å². The molecule has 0 radical (unpaired) electrons. The number of nitrogens with one attached hydrogen (secondary N) is 2. The molecule has 0 aliphatic heterocycles. The van der Waals surface area contributed by atoms with E-state index in [1.807, 2.05) is 25.3 Å². The highest BCUT2D eigenvalue weighted by atomic mass is 15.2. The van der Waals surface area contributed by atoms with E-state index in [1.165, 1.54) is 0 Å². The first-order valence-corrected chi connectivity index (χ1v) is 5.99. The summed E-state index contributed by atoms with van der Waals surface area (Å²) in [5, 5.41) is 3.10. The third kappa shape index (κ3) is 2.30. The Labute approximate surface area is 109 Å². The molecule has 3 rings (SSSR count). The SMILES string of the molecule is CCNc1nc(-c2ccc[nH]2)nc(-n2ccnc2)n1. The van der Waals surface area contributed by atoms with Crippen molar-refractivity contribution in [2.24, 2.45) is 0 Å². The van der Waals surface area contributed by atoms with E-state index in [0.29, 0.717) is 17.7 Å². The molecular formula is C12H13N7. The first kappa shape index (κ1) is 11.4. The third-order valence-electron chi connectivity index (χ3n) is 2.53. The standard InChI is InChI=1S/C12H13N7/c1-2-14-11-16-10(9-4-3-5-15-9)17-12(18-11)19-7-6-13-8-19/h3-8,15H,2H2,1H3,(H,14,16,17,18).